The topological polar surface area (TPSA) is 91.3 Å². The van der Waals surface area contributed by atoms with Gasteiger partial charge in [0.15, 0.2) is 0 Å². The second kappa shape index (κ2) is 33.8. The Labute approximate surface area is 302 Å². The fourth-order valence-corrected chi connectivity index (χ4v) is 5.83. The molecule has 9 heteroatoms. The molecule has 0 bridgehead atoms. The molecule has 0 amide bonds. The van der Waals surface area contributed by atoms with Gasteiger partial charge in [0.05, 0.1) is 34.4 Å². The van der Waals surface area contributed by atoms with Gasteiger partial charge >= 0.3 is 13.8 Å². The first-order chi connectivity index (χ1) is 23.6. The Morgan fingerprint density at radius 2 is 1.12 bits per heavy atom. The van der Waals surface area contributed by atoms with Crippen LogP contribution in [0.3, 0.4) is 0 Å². The number of carbonyl (C=O) groups is 1. The SMILES string of the molecule is CCCCC/C=C\C/C=C\C/C=C\CCCCCCCCCOCC(COP(=O)(O)OCC[N+](C)(C)C)OC(=O)CCCCCCCCC. The molecule has 8 nitrogen and oxygen atoms in total. The van der Waals surface area contributed by atoms with Crippen LogP contribution in [0.2, 0.25) is 0 Å². The van der Waals surface area contributed by atoms with Gasteiger partial charge in [-0.1, -0.05) is 134 Å². The Morgan fingerprint density at radius 1 is 0.633 bits per heavy atom. The molecule has 0 spiro atoms. The smallest absolute Gasteiger partial charge is 0.457 e. The molecule has 288 valence electrons. The maximum absolute atomic E-state index is 12.5. The predicted molar refractivity (Wildman–Crippen MR) is 206 cm³/mol. The van der Waals surface area contributed by atoms with Gasteiger partial charge in [0.1, 0.15) is 19.3 Å². The van der Waals surface area contributed by atoms with Gasteiger partial charge in [0.25, 0.3) is 0 Å². The molecule has 0 fully saturated rings. The summed E-state index contributed by atoms with van der Waals surface area (Å²) in [6.45, 7) is 5.52. The zero-order valence-electron chi connectivity index (χ0n) is 32.4. The van der Waals surface area contributed by atoms with Crippen LogP contribution < -0.4 is 0 Å². The van der Waals surface area contributed by atoms with Crippen molar-refractivity contribution in [1.82, 2.24) is 0 Å². The summed E-state index contributed by atoms with van der Waals surface area (Å²) in [5.74, 6) is -0.326. The quantitative estimate of drug-likeness (QED) is 0.0227. The summed E-state index contributed by atoms with van der Waals surface area (Å²) in [6.07, 6.45) is 37.6. The fourth-order valence-electron chi connectivity index (χ4n) is 5.09. The monoisotopic (exact) mass is 715 g/mol. The number of esters is 1. The van der Waals surface area contributed by atoms with Crippen molar-refractivity contribution >= 4 is 13.8 Å². The van der Waals surface area contributed by atoms with Gasteiger partial charge in [-0.05, 0) is 51.4 Å². The highest BCUT2D eigenvalue weighted by atomic mass is 31.2. The summed E-state index contributed by atoms with van der Waals surface area (Å²) < 4.78 is 34.7. The van der Waals surface area contributed by atoms with Crippen LogP contribution in [0.5, 0.6) is 0 Å². The van der Waals surface area contributed by atoms with Gasteiger partial charge in [0.2, 0.25) is 0 Å². The Balaban J connectivity index is 4.16. The van der Waals surface area contributed by atoms with Crippen molar-refractivity contribution in [1.29, 1.82) is 0 Å². The summed E-state index contributed by atoms with van der Waals surface area (Å²) in [5.41, 5.74) is 0. The molecule has 0 aromatic rings. The maximum Gasteiger partial charge on any atom is 0.472 e. The van der Waals surface area contributed by atoms with E-state index in [-0.39, 0.29) is 25.8 Å². The Bertz CT molecular complexity index is 884. The number of phosphoric acid groups is 1. The highest BCUT2D eigenvalue weighted by Crippen LogP contribution is 2.43. The zero-order chi connectivity index (χ0) is 36.3. The van der Waals surface area contributed by atoms with Crippen LogP contribution in [0.4, 0.5) is 0 Å². The normalized spacial score (nSPS) is 14.3. The van der Waals surface area contributed by atoms with E-state index in [9.17, 15) is 14.3 Å². The van der Waals surface area contributed by atoms with E-state index < -0.39 is 13.9 Å². The van der Waals surface area contributed by atoms with Crippen molar-refractivity contribution in [3.05, 3.63) is 36.5 Å². The van der Waals surface area contributed by atoms with Gasteiger partial charge in [-0.25, -0.2) is 4.57 Å². The van der Waals surface area contributed by atoms with Crippen molar-refractivity contribution in [2.45, 2.75) is 161 Å². The molecule has 0 aliphatic rings. The minimum Gasteiger partial charge on any atom is -0.457 e. The van der Waals surface area contributed by atoms with Crippen LogP contribution in [0.1, 0.15) is 155 Å². The summed E-state index contributed by atoms with van der Waals surface area (Å²) in [6, 6.07) is 0. The van der Waals surface area contributed by atoms with Crippen molar-refractivity contribution < 1.29 is 37.3 Å². The number of quaternary nitrogens is 1. The summed E-state index contributed by atoms with van der Waals surface area (Å²) >= 11 is 0. The van der Waals surface area contributed by atoms with Crippen LogP contribution in [0.15, 0.2) is 36.5 Å². The molecule has 0 saturated carbocycles. The number of unbranched alkanes of at least 4 members (excludes halogenated alkanes) is 16. The van der Waals surface area contributed by atoms with Crippen molar-refractivity contribution in [2.24, 2.45) is 0 Å². The highest BCUT2D eigenvalue weighted by molar-refractivity contribution is 7.47. The second-order valence-corrected chi connectivity index (χ2v) is 15.8. The van der Waals surface area contributed by atoms with Gasteiger partial charge < -0.3 is 18.9 Å². The van der Waals surface area contributed by atoms with E-state index in [0.717, 1.165) is 51.4 Å². The third-order valence-corrected chi connectivity index (χ3v) is 9.19. The lowest BCUT2D eigenvalue weighted by Crippen LogP contribution is -2.37. The number of ether oxygens (including phenoxy) is 2. The van der Waals surface area contributed by atoms with Crippen LogP contribution in [-0.4, -0.2) is 75.6 Å². The zero-order valence-corrected chi connectivity index (χ0v) is 33.3. The molecule has 0 aromatic heterocycles. The number of allylic oxidation sites excluding steroid dienone is 6. The molecule has 0 aliphatic carbocycles. The summed E-state index contributed by atoms with van der Waals surface area (Å²) in [7, 11) is 1.66. The van der Waals surface area contributed by atoms with Crippen LogP contribution in [-0.2, 0) is 27.9 Å². The number of likely N-dealkylation sites (N-methyl/N-ethyl adjacent to an activating group) is 1. The number of carbonyl (C=O) groups excluding carboxylic acids is 1. The van der Waals surface area contributed by atoms with Gasteiger partial charge in [-0.3, -0.25) is 13.8 Å². The molecule has 0 rings (SSSR count). The number of rotatable bonds is 36. The standard InChI is InChI=1S/C40H76NO7P/c1-6-8-10-12-14-15-16-17-18-19-20-21-22-23-24-25-26-28-30-32-35-45-37-39(38-47-49(43,44)46-36-34-41(3,4)5)48-40(42)33-31-29-27-13-11-9-7-2/h14-15,17-18,20-21,39H,6-13,16,19,22-38H2,1-5H3/p+1/b15-14-,18-17-,21-20-. The first-order valence-electron chi connectivity index (χ1n) is 19.7. The summed E-state index contributed by atoms with van der Waals surface area (Å²) in [5, 5.41) is 0. The Kier molecular flexibility index (Phi) is 33.0. The molecule has 49 heavy (non-hydrogen) atoms. The molecule has 2 atom stereocenters. The number of hydrogen-bond donors (Lipinski definition) is 1. The third kappa shape index (κ3) is 37.8. The van der Waals surface area contributed by atoms with E-state index in [0.29, 0.717) is 24.1 Å². The maximum atomic E-state index is 12.5. The van der Waals surface area contributed by atoms with E-state index in [1.807, 2.05) is 21.1 Å². The predicted octanol–water partition coefficient (Wildman–Crippen LogP) is 11.0. The van der Waals surface area contributed by atoms with Crippen LogP contribution in [0.25, 0.3) is 0 Å². The number of hydrogen-bond acceptors (Lipinski definition) is 6. The van der Waals surface area contributed by atoms with E-state index >= 15 is 0 Å². The van der Waals surface area contributed by atoms with Gasteiger partial charge in [-0.15, -0.1) is 0 Å². The van der Waals surface area contributed by atoms with E-state index in [2.05, 4.69) is 50.3 Å². The van der Waals surface area contributed by atoms with Gasteiger partial charge in [-0.2, -0.15) is 0 Å². The fraction of sp³-hybridized carbons (Fsp3) is 0.825. The number of phosphoric ester groups is 1. The lowest BCUT2D eigenvalue weighted by atomic mass is 10.1. The van der Waals surface area contributed by atoms with E-state index in [1.54, 1.807) is 0 Å². The molecule has 0 aromatic carbocycles. The van der Waals surface area contributed by atoms with Crippen LogP contribution in [0, 0.1) is 0 Å². The minimum atomic E-state index is -4.26. The first-order valence-corrected chi connectivity index (χ1v) is 21.2. The largest absolute Gasteiger partial charge is 0.472 e. The number of nitrogens with zero attached hydrogens (tertiary/aromatic N) is 1. The molecule has 1 N–H and O–H groups in total. The minimum absolute atomic E-state index is 0.0864. The summed E-state index contributed by atoms with van der Waals surface area (Å²) in [4.78, 5) is 22.6. The Hall–Kier alpha value is -1.28. The van der Waals surface area contributed by atoms with Crippen molar-refractivity contribution in [3.63, 3.8) is 0 Å². The van der Waals surface area contributed by atoms with E-state index in [1.165, 1.54) is 83.5 Å². The second-order valence-electron chi connectivity index (χ2n) is 14.3. The van der Waals surface area contributed by atoms with Gasteiger partial charge in [0, 0.05) is 13.0 Å². The van der Waals surface area contributed by atoms with Crippen molar-refractivity contribution in [3.8, 4) is 0 Å². The Morgan fingerprint density at radius 3 is 1.71 bits per heavy atom. The third-order valence-electron chi connectivity index (χ3n) is 8.20. The average molecular weight is 715 g/mol. The molecule has 0 saturated heterocycles. The van der Waals surface area contributed by atoms with Crippen LogP contribution >= 0.6 is 7.82 Å². The first kappa shape index (κ1) is 47.7. The lowest BCUT2D eigenvalue weighted by molar-refractivity contribution is -0.870. The molecule has 0 aliphatic heterocycles. The molecule has 0 radical (unpaired) electrons. The van der Waals surface area contributed by atoms with Crippen molar-refractivity contribution in [2.75, 3.05) is 54.1 Å². The van der Waals surface area contributed by atoms with E-state index in [4.69, 9.17) is 18.5 Å². The lowest BCUT2D eigenvalue weighted by Gasteiger charge is -2.24. The molecular formula is C40H77NO7P+. The highest BCUT2D eigenvalue weighted by Gasteiger charge is 2.26. The average Bonchev–Trinajstić information content (AvgIpc) is 3.04. The molecular weight excluding hydrogens is 637 g/mol. The molecule has 2 unspecified atom stereocenters. The molecule has 0 heterocycles.